The maximum absolute atomic E-state index is 14.4. The molecule has 0 unspecified atom stereocenters. The smallest absolute Gasteiger partial charge is 0.347 e. The molecule has 0 spiro atoms. The Morgan fingerprint density at radius 1 is 1.04 bits per heavy atom. The first-order chi connectivity index (χ1) is 13.1. The second kappa shape index (κ2) is 8.36. The molecule has 0 saturated carbocycles. The van der Waals surface area contributed by atoms with E-state index in [1.807, 2.05) is 36.4 Å². The minimum Gasteiger partial charge on any atom is -0.486 e. The number of benzene rings is 3. The van der Waals surface area contributed by atoms with E-state index in [0.29, 0.717) is 11.4 Å². The van der Waals surface area contributed by atoms with Crippen LogP contribution in [0, 0.1) is 12.7 Å². The van der Waals surface area contributed by atoms with Crippen molar-refractivity contribution < 1.29 is 18.7 Å². The monoisotopic (exact) mass is 365 g/mol. The lowest BCUT2D eigenvalue weighted by Gasteiger charge is -2.18. The average molecular weight is 365 g/mol. The van der Waals surface area contributed by atoms with Gasteiger partial charge in [0, 0.05) is 18.7 Å². The van der Waals surface area contributed by atoms with Crippen molar-refractivity contribution in [3.63, 3.8) is 0 Å². The third kappa shape index (κ3) is 4.26. The lowest BCUT2D eigenvalue weighted by Crippen LogP contribution is -2.15. The average Bonchev–Trinajstić information content (AvgIpc) is 2.70. The molecule has 0 heterocycles. The summed E-state index contributed by atoms with van der Waals surface area (Å²) in [5.74, 6) is -0.531. The van der Waals surface area contributed by atoms with Crippen molar-refractivity contribution in [1.82, 2.24) is 0 Å². The molecule has 0 fully saturated rings. The molecule has 0 atom stereocenters. The highest BCUT2D eigenvalue weighted by Crippen LogP contribution is 2.35. The van der Waals surface area contributed by atoms with Crippen LogP contribution >= 0.6 is 0 Å². The summed E-state index contributed by atoms with van der Waals surface area (Å²) in [6, 6.07) is 19.5. The van der Waals surface area contributed by atoms with Gasteiger partial charge in [-0.2, -0.15) is 0 Å². The highest BCUT2D eigenvalue weighted by atomic mass is 19.1. The fourth-order valence-corrected chi connectivity index (χ4v) is 2.68. The van der Waals surface area contributed by atoms with Crippen molar-refractivity contribution in [2.45, 2.75) is 13.5 Å². The summed E-state index contributed by atoms with van der Waals surface area (Å²) in [6.45, 7) is 1.78. The van der Waals surface area contributed by atoms with Crippen LogP contribution in [-0.4, -0.2) is 13.0 Å². The Balaban J connectivity index is 1.97. The molecule has 0 saturated heterocycles. The zero-order valence-electron chi connectivity index (χ0n) is 15.2. The highest BCUT2D eigenvalue weighted by molar-refractivity contribution is 5.97. The van der Waals surface area contributed by atoms with Gasteiger partial charge in [-0.3, -0.25) is 0 Å². The number of carbonyl (C=O) groups excluding carboxylic acids is 1. The molecule has 0 aromatic heterocycles. The molecule has 0 aliphatic heterocycles. The van der Waals surface area contributed by atoms with Crippen LogP contribution in [0.25, 0.3) is 0 Å². The fraction of sp³-hybridized carbons (Fsp3) is 0.136. The summed E-state index contributed by atoms with van der Waals surface area (Å²) in [6.07, 6.45) is 0. The number of halogens is 1. The van der Waals surface area contributed by atoms with E-state index in [1.54, 1.807) is 31.3 Å². The predicted octanol–water partition coefficient (Wildman–Crippen LogP) is 4.97. The summed E-state index contributed by atoms with van der Waals surface area (Å²) in [4.78, 5) is 12.8. The number of anilines is 1. The molecule has 3 aromatic carbocycles. The largest absolute Gasteiger partial charge is 0.486 e. The number of esters is 1. The van der Waals surface area contributed by atoms with Crippen molar-refractivity contribution in [3.8, 4) is 11.5 Å². The van der Waals surface area contributed by atoms with Gasteiger partial charge >= 0.3 is 5.97 Å². The molecule has 138 valence electrons. The zero-order chi connectivity index (χ0) is 19.2. The van der Waals surface area contributed by atoms with Gasteiger partial charge in [-0.05, 0) is 24.6 Å². The Kier molecular flexibility index (Phi) is 5.71. The van der Waals surface area contributed by atoms with Gasteiger partial charge in [0.25, 0.3) is 0 Å². The molecule has 4 nitrogen and oxygen atoms in total. The molecule has 0 amide bonds. The number of ether oxygens (including phenoxy) is 2. The number of rotatable bonds is 6. The number of para-hydroxylation sites is 1. The number of nitrogens with one attached hydrogen (secondary N) is 1. The minimum atomic E-state index is -0.669. The SMILES string of the molecule is CNc1cc(F)c(C)c(C(=O)Oc2ccccc2)c1OCc1ccccc1. The Hall–Kier alpha value is -3.34. The van der Waals surface area contributed by atoms with Gasteiger partial charge in [0.1, 0.15) is 23.7 Å². The number of hydrogen-bond acceptors (Lipinski definition) is 4. The highest BCUT2D eigenvalue weighted by Gasteiger charge is 2.24. The molecule has 0 radical (unpaired) electrons. The first-order valence-corrected chi connectivity index (χ1v) is 8.55. The standard InChI is InChI=1S/C22H20FNO3/c1-15-18(23)13-19(24-2)21(26-14-16-9-5-3-6-10-16)20(15)22(25)27-17-11-7-4-8-12-17/h3-13,24H,14H2,1-2H3. The van der Waals surface area contributed by atoms with Crippen molar-refractivity contribution in [1.29, 1.82) is 0 Å². The summed E-state index contributed by atoms with van der Waals surface area (Å²) in [7, 11) is 1.64. The van der Waals surface area contributed by atoms with E-state index in [-0.39, 0.29) is 23.5 Å². The van der Waals surface area contributed by atoms with Gasteiger partial charge in [-0.1, -0.05) is 48.5 Å². The summed E-state index contributed by atoms with van der Waals surface area (Å²) < 4.78 is 25.7. The molecule has 3 aromatic rings. The molecule has 1 N–H and O–H groups in total. The van der Waals surface area contributed by atoms with E-state index in [4.69, 9.17) is 9.47 Å². The van der Waals surface area contributed by atoms with Gasteiger partial charge in [-0.15, -0.1) is 0 Å². The molecule has 5 heteroatoms. The van der Waals surface area contributed by atoms with Crippen LogP contribution in [0.2, 0.25) is 0 Å². The number of carbonyl (C=O) groups is 1. The van der Waals surface area contributed by atoms with Crippen molar-refractivity contribution in [3.05, 3.63) is 89.2 Å². The van der Waals surface area contributed by atoms with Gasteiger partial charge in [0.15, 0.2) is 5.75 Å². The zero-order valence-corrected chi connectivity index (χ0v) is 15.2. The second-order valence-corrected chi connectivity index (χ2v) is 5.96. The van der Waals surface area contributed by atoms with Gasteiger partial charge in [0.2, 0.25) is 0 Å². The van der Waals surface area contributed by atoms with Crippen molar-refractivity contribution >= 4 is 11.7 Å². The first kappa shape index (κ1) is 18.5. The Morgan fingerprint density at radius 3 is 2.30 bits per heavy atom. The number of hydrogen-bond donors (Lipinski definition) is 1. The maximum atomic E-state index is 14.4. The second-order valence-electron chi connectivity index (χ2n) is 5.96. The molecule has 3 rings (SSSR count). The summed E-state index contributed by atoms with van der Waals surface area (Å²) in [5, 5.41) is 2.89. The molecule has 0 aliphatic rings. The first-order valence-electron chi connectivity index (χ1n) is 8.55. The topological polar surface area (TPSA) is 47.6 Å². The minimum absolute atomic E-state index is 0.0686. The predicted molar refractivity (Wildman–Crippen MR) is 103 cm³/mol. The fourth-order valence-electron chi connectivity index (χ4n) is 2.68. The third-order valence-corrected chi connectivity index (χ3v) is 4.13. The van der Waals surface area contributed by atoms with E-state index in [1.165, 1.54) is 13.0 Å². The van der Waals surface area contributed by atoms with Crippen LogP contribution in [0.1, 0.15) is 21.5 Å². The Labute approximate surface area is 157 Å². The molecule has 27 heavy (non-hydrogen) atoms. The van der Waals surface area contributed by atoms with E-state index in [0.717, 1.165) is 5.56 Å². The molecule has 0 bridgehead atoms. The van der Waals surface area contributed by atoms with Crippen LogP contribution < -0.4 is 14.8 Å². The van der Waals surface area contributed by atoms with E-state index < -0.39 is 11.8 Å². The van der Waals surface area contributed by atoms with Crippen molar-refractivity contribution in [2.24, 2.45) is 0 Å². The van der Waals surface area contributed by atoms with Gasteiger partial charge in [0.05, 0.1) is 5.69 Å². The van der Waals surface area contributed by atoms with Crippen LogP contribution in [0.4, 0.5) is 10.1 Å². The van der Waals surface area contributed by atoms with E-state index >= 15 is 0 Å². The van der Waals surface area contributed by atoms with E-state index in [2.05, 4.69) is 5.32 Å². The van der Waals surface area contributed by atoms with Crippen LogP contribution in [0.15, 0.2) is 66.7 Å². The summed E-state index contributed by atoms with van der Waals surface area (Å²) >= 11 is 0. The van der Waals surface area contributed by atoms with Gasteiger partial charge in [-0.25, -0.2) is 9.18 Å². The Morgan fingerprint density at radius 2 is 1.67 bits per heavy atom. The lowest BCUT2D eigenvalue weighted by molar-refractivity contribution is 0.0728. The third-order valence-electron chi connectivity index (χ3n) is 4.13. The quantitative estimate of drug-likeness (QED) is 0.495. The maximum Gasteiger partial charge on any atom is 0.347 e. The Bertz CT molecular complexity index is 927. The lowest BCUT2D eigenvalue weighted by atomic mass is 10.0. The normalized spacial score (nSPS) is 10.3. The molecular formula is C22H20FNO3. The summed E-state index contributed by atoms with van der Waals surface area (Å²) in [5.41, 5.74) is 1.56. The molecule has 0 aliphatic carbocycles. The van der Waals surface area contributed by atoms with Crippen LogP contribution in [0.5, 0.6) is 11.5 Å². The van der Waals surface area contributed by atoms with Crippen LogP contribution in [0.3, 0.4) is 0 Å². The van der Waals surface area contributed by atoms with Crippen molar-refractivity contribution in [2.75, 3.05) is 12.4 Å². The van der Waals surface area contributed by atoms with Crippen LogP contribution in [-0.2, 0) is 6.61 Å². The van der Waals surface area contributed by atoms with Gasteiger partial charge < -0.3 is 14.8 Å². The van der Waals surface area contributed by atoms with E-state index in [9.17, 15) is 9.18 Å². The molecular weight excluding hydrogens is 345 g/mol.